The minimum Gasteiger partial charge on any atom is -0.488 e. The molecule has 48 heavy (non-hydrogen) atoms. The Kier molecular flexibility index (Phi) is 10.1. The maximum atomic E-state index is 14.1. The third-order valence-electron chi connectivity index (χ3n) is 8.06. The van der Waals surface area contributed by atoms with Crippen LogP contribution < -0.4 is 10.1 Å². The number of carbonyl (C=O) groups excluding carboxylic acids is 2. The van der Waals surface area contributed by atoms with E-state index in [9.17, 15) is 42.4 Å². The van der Waals surface area contributed by atoms with E-state index in [2.05, 4.69) is 10.3 Å². The van der Waals surface area contributed by atoms with Crippen molar-refractivity contribution in [2.24, 2.45) is 0 Å². The van der Waals surface area contributed by atoms with E-state index in [1.54, 1.807) is 18.2 Å². The number of furan rings is 1. The minimum absolute atomic E-state index is 0.00579. The minimum atomic E-state index is -4.68. The second kappa shape index (κ2) is 14.3. The Morgan fingerprint density at radius 2 is 1.85 bits per heavy atom. The number of benzene rings is 2. The van der Waals surface area contributed by atoms with Gasteiger partial charge in [0.1, 0.15) is 34.4 Å². The predicted octanol–water partition coefficient (Wildman–Crippen LogP) is 4.47. The van der Waals surface area contributed by atoms with Crippen LogP contribution in [0.2, 0.25) is 0 Å². The first kappa shape index (κ1) is 34.1. The number of amides is 2. The van der Waals surface area contributed by atoms with Gasteiger partial charge in [0.2, 0.25) is 11.7 Å². The third kappa shape index (κ3) is 7.66. The maximum Gasteiger partial charge on any atom is 0.371 e. The van der Waals surface area contributed by atoms with E-state index in [-0.39, 0.29) is 30.1 Å². The number of unbranched alkanes of at least 4 members (excludes halogenated alkanes) is 3. The molecule has 254 valence electrons. The van der Waals surface area contributed by atoms with Gasteiger partial charge in [-0.25, -0.2) is 14.6 Å². The number of carboxylic acid groups (broad SMARTS) is 2. The van der Waals surface area contributed by atoms with Crippen LogP contribution >= 0.6 is 0 Å². The molecule has 4 N–H and O–H groups in total. The molecule has 1 saturated heterocycles. The highest BCUT2D eigenvalue weighted by Gasteiger charge is 2.43. The molecule has 0 saturated carbocycles. The number of ether oxygens (including phenoxy) is 1. The largest absolute Gasteiger partial charge is 0.488 e. The van der Waals surface area contributed by atoms with Crippen molar-refractivity contribution < 1.29 is 51.5 Å². The Hall–Kier alpha value is -5.22. The molecule has 0 spiro atoms. The van der Waals surface area contributed by atoms with Crippen LogP contribution in [0.4, 0.5) is 5.82 Å². The van der Waals surface area contributed by atoms with Crippen molar-refractivity contribution in [3.8, 4) is 5.75 Å². The predicted molar refractivity (Wildman–Crippen MR) is 170 cm³/mol. The lowest BCUT2D eigenvalue weighted by Gasteiger charge is -2.27. The molecule has 2 amide bonds. The van der Waals surface area contributed by atoms with Crippen molar-refractivity contribution in [1.29, 1.82) is 0 Å². The first-order valence-corrected chi connectivity index (χ1v) is 16.7. The zero-order valence-corrected chi connectivity index (χ0v) is 26.6. The number of hydrogen-bond donors (Lipinski definition) is 4. The smallest absolute Gasteiger partial charge is 0.371 e. The Bertz CT molecular complexity index is 1950. The lowest BCUT2D eigenvalue weighted by molar-refractivity contribution is -0.149. The average Bonchev–Trinajstić information content (AvgIpc) is 3.79. The molecule has 5 rings (SSSR count). The lowest BCUT2D eigenvalue weighted by atomic mass is 10.1. The number of aromatic nitrogens is 2. The Morgan fingerprint density at radius 1 is 1.08 bits per heavy atom. The molecule has 3 heterocycles. The van der Waals surface area contributed by atoms with Crippen LogP contribution in [-0.2, 0) is 19.7 Å². The molecule has 2 unspecified atom stereocenters. The van der Waals surface area contributed by atoms with Gasteiger partial charge in [-0.3, -0.25) is 14.1 Å². The normalized spacial score (nSPS) is 16.9. The Labute approximate surface area is 274 Å². The number of hydrogen-bond acceptors (Lipinski definition) is 9. The number of nitrogens with one attached hydrogen (secondary N) is 1. The maximum absolute atomic E-state index is 14.1. The van der Waals surface area contributed by atoms with E-state index >= 15 is 0 Å². The van der Waals surface area contributed by atoms with Crippen LogP contribution in [-0.4, -0.2) is 80.1 Å². The standard InChI is InChI=1S/C32H34N4O11S/c1-2-3-4-5-9-23(35-17-28(33-18-35)34-29(37)22-8-6-7-10-27(22)48(43,44)45)30(38)36-16-21(15-24(36)31(39)40)46-20-11-12-25-19(13-20)14-26(47-25)32(41)42/h6-8,10-14,17-18,21,23-24H,2-5,9,15-16H2,1H3,(H,34,37)(H,39,40)(H,41,42)(H,43,44,45)/t21?,23?,24-/m0/s1. The number of carboxylic acids is 2. The zero-order chi connectivity index (χ0) is 34.6. The van der Waals surface area contributed by atoms with Crippen LogP contribution in [0.15, 0.2) is 70.4 Å². The Balaban J connectivity index is 1.35. The van der Waals surface area contributed by atoms with Gasteiger partial charge in [-0.1, -0.05) is 44.7 Å². The molecule has 3 atom stereocenters. The molecule has 1 aliphatic heterocycles. The van der Waals surface area contributed by atoms with Crippen LogP contribution in [0.1, 0.15) is 72.4 Å². The number of aromatic carboxylic acids is 1. The summed E-state index contributed by atoms with van der Waals surface area (Å²) in [6.07, 6.45) is 5.79. The summed E-state index contributed by atoms with van der Waals surface area (Å²) in [5, 5.41) is 22.2. The molecule has 1 fully saturated rings. The summed E-state index contributed by atoms with van der Waals surface area (Å²) in [4.78, 5) is 55.5. The molecule has 0 bridgehead atoms. The number of aliphatic carboxylic acids is 1. The van der Waals surface area contributed by atoms with Crippen molar-refractivity contribution in [1.82, 2.24) is 14.5 Å². The van der Waals surface area contributed by atoms with Crippen molar-refractivity contribution in [3.05, 3.63) is 72.4 Å². The quantitative estimate of drug-likeness (QED) is 0.107. The van der Waals surface area contributed by atoms with Gasteiger partial charge in [0.15, 0.2) is 5.82 Å². The second-order valence-corrected chi connectivity index (χ2v) is 12.8. The molecule has 4 aromatic rings. The third-order valence-corrected chi connectivity index (χ3v) is 8.97. The van der Waals surface area contributed by atoms with E-state index in [1.807, 2.05) is 6.92 Å². The summed E-state index contributed by atoms with van der Waals surface area (Å²) >= 11 is 0. The molecule has 2 aromatic heterocycles. The highest BCUT2D eigenvalue weighted by atomic mass is 32.2. The summed E-state index contributed by atoms with van der Waals surface area (Å²) in [6, 6.07) is 9.11. The fourth-order valence-corrected chi connectivity index (χ4v) is 6.43. The summed E-state index contributed by atoms with van der Waals surface area (Å²) < 4.78 is 45.9. The number of likely N-dealkylation sites (tertiary alicyclic amines) is 1. The highest BCUT2D eigenvalue weighted by molar-refractivity contribution is 7.86. The van der Waals surface area contributed by atoms with E-state index in [0.29, 0.717) is 29.6 Å². The van der Waals surface area contributed by atoms with Gasteiger partial charge in [-0.2, -0.15) is 8.42 Å². The molecular weight excluding hydrogens is 648 g/mol. The van der Waals surface area contributed by atoms with Crippen LogP contribution in [0.3, 0.4) is 0 Å². The molecular formula is C32H34N4O11S. The van der Waals surface area contributed by atoms with Gasteiger partial charge in [0.05, 0.1) is 18.4 Å². The van der Waals surface area contributed by atoms with Gasteiger partial charge >= 0.3 is 11.9 Å². The van der Waals surface area contributed by atoms with E-state index in [4.69, 9.17) is 9.15 Å². The first-order valence-electron chi connectivity index (χ1n) is 15.2. The van der Waals surface area contributed by atoms with E-state index in [0.717, 1.165) is 25.3 Å². The molecule has 15 nitrogen and oxygen atoms in total. The Morgan fingerprint density at radius 3 is 2.56 bits per heavy atom. The number of rotatable bonds is 14. The van der Waals surface area contributed by atoms with E-state index in [1.165, 1.54) is 46.3 Å². The van der Waals surface area contributed by atoms with Gasteiger partial charge in [-0.05, 0) is 42.8 Å². The summed E-state index contributed by atoms with van der Waals surface area (Å²) in [5.74, 6) is -3.62. The van der Waals surface area contributed by atoms with Crippen molar-refractivity contribution in [2.75, 3.05) is 11.9 Å². The summed E-state index contributed by atoms with van der Waals surface area (Å²) in [6.45, 7) is 2.01. The monoisotopic (exact) mass is 682 g/mol. The zero-order valence-electron chi connectivity index (χ0n) is 25.8. The number of fused-ring (bicyclic) bond motifs is 1. The van der Waals surface area contributed by atoms with Crippen LogP contribution in [0.5, 0.6) is 5.75 Å². The number of carbonyl (C=O) groups is 4. The molecule has 0 aliphatic carbocycles. The molecule has 0 radical (unpaired) electrons. The lowest BCUT2D eigenvalue weighted by Crippen LogP contribution is -2.44. The fourth-order valence-electron chi connectivity index (χ4n) is 5.74. The molecule has 16 heteroatoms. The molecule has 1 aliphatic rings. The topological polar surface area (TPSA) is 219 Å². The average molecular weight is 683 g/mol. The first-order chi connectivity index (χ1) is 22.8. The van der Waals surface area contributed by atoms with E-state index < -0.39 is 57.0 Å². The fraction of sp³-hybridized carbons (Fsp3) is 0.344. The van der Waals surface area contributed by atoms with Gasteiger partial charge in [0, 0.05) is 18.0 Å². The molecule has 2 aromatic carbocycles. The van der Waals surface area contributed by atoms with Gasteiger partial charge < -0.3 is 34.2 Å². The summed E-state index contributed by atoms with van der Waals surface area (Å²) in [7, 11) is -4.68. The summed E-state index contributed by atoms with van der Waals surface area (Å²) in [5.41, 5.74) is 0.0410. The second-order valence-electron chi connectivity index (χ2n) is 11.4. The van der Waals surface area contributed by atoms with Crippen molar-refractivity contribution >= 4 is 50.7 Å². The van der Waals surface area contributed by atoms with Crippen molar-refractivity contribution in [2.45, 2.75) is 68.5 Å². The van der Waals surface area contributed by atoms with Crippen molar-refractivity contribution in [3.63, 3.8) is 0 Å². The van der Waals surface area contributed by atoms with Gasteiger partial charge in [-0.15, -0.1) is 0 Å². The van der Waals surface area contributed by atoms with Gasteiger partial charge in [0.25, 0.3) is 16.0 Å². The highest BCUT2D eigenvalue weighted by Crippen LogP contribution is 2.31. The van der Waals surface area contributed by atoms with Crippen LogP contribution in [0, 0.1) is 0 Å². The number of nitrogens with zero attached hydrogens (tertiary/aromatic N) is 3. The number of anilines is 1. The number of imidazole rings is 1. The SMILES string of the molecule is CCCCCCC(C(=O)N1CC(Oc2ccc3oc(C(=O)O)cc3c2)C[C@H]1C(=O)O)n1cnc(NC(=O)c2ccccc2S(=O)(=O)O)c1. The van der Waals surface area contributed by atoms with Crippen LogP contribution in [0.25, 0.3) is 11.0 Å².